The fraction of sp³-hybridized carbons (Fsp3) is 0.231. The molecule has 2 rings (SSSR count). The SMILES string of the molecule is CSc1ccc([N+](=O)[O-])c(C(=O)N(C)Cc2cn[nH]c2)c1. The van der Waals surface area contributed by atoms with Gasteiger partial charge in [0, 0.05) is 36.3 Å². The van der Waals surface area contributed by atoms with Gasteiger partial charge < -0.3 is 4.90 Å². The number of nitro benzene ring substituents is 1. The van der Waals surface area contributed by atoms with Crippen molar-refractivity contribution >= 4 is 23.4 Å². The molecule has 110 valence electrons. The largest absolute Gasteiger partial charge is 0.337 e. The first kappa shape index (κ1) is 15.0. The average Bonchev–Trinajstić information content (AvgIpc) is 2.98. The summed E-state index contributed by atoms with van der Waals surface area (Å²) in [7, 11) is 1.60. The van der Waals surface area contributed by atoms with Crippen molar-refractivity contribution in [1.29, 1.82) is 0 Å². The van der Waals surface area contributed by atoms with E-state index in [1.54, 1.807) is 31.6 Å². The predicted molar refractivity (Wildman–Crippen MR) is 79.3 cm³/mol. The highest BCUT2D eigenvalue weighted by atomic mass is 32.2. The third kappa shape index (κ3) is 3.40. The van der Waals surface area contributed by atoms with E-state index in [0.717, 1.165) is 10.5 Å². The van der Waals surface area contributed by atoms with E-state index in [9.17, 15) is 14.9 Å². The minimum atomic E-state index is -0.539. The van der Waals surface area contributed by atoms with E-state index in [1.807, 2.05) is 6.26 Å². The Balaban J connectivity index is 2.30. The van der Waals surface area contributed by atoms with Crippen molar-refractivity contribution in [3.8, 4) is 0 Å². The Morgan fingerprint density at radius 1 is 1.52 bits per heavy atom. The summed E-state index contributed by atoms with van der Waals surface area (Å²) < 4.78 is 0. The van der Waals surface area contributed by atoms with E-state index < -0.39 is 4.92 Å². The second-order valence-corrected chi connectivity index (χ2v) is 5.29. The molecule has 1 heterocycles. The molecule has 0 fully saturated rings. The number of nitro groups is 1. The maximum absolute atomic E-state index is 12.4. The molecule has 0 atom stereocenters. The number of H-pyrrole nitrogens is 1. The van der Waals surface area contributed by atoms with Gasteiger partial charge in [0.2, 0.25) is 0 Å². The van der Waals surface area contributed by atoms with Crippen molar-refractivity contribution < 1.29 is 9.72 Å². The summed E-state index contributed by atoms with van der Waals surface area (Å²) in [5, 5.41) is 17.5. The second kappa shape index (κ2) is 6.40. The molecule has 0 radical (unpaired) electrons. The van der Waals surface area contributed by atoms with Gasteiger partial charge in [0.1, 0.15) is 5.56 Å². The monoisotopic (exact) mass is 306 g/mol. The van der Waals surface area contributed by atoms with Crippen LogP contribution in [0.5, 0.6) is 0 Å². The molecule has 0 saturated carbocycles. The van der Waals surface area contributed by atoms with Crippen LogP contribution in [-0.2, 0) is 6.54 Å². The van der Waals surface area contributed by atoms with E-state index in [-0.39, 0.29) is 17.2 Å². The average molecular weight is 306 g/mol. The van der Waals surface area contributed by atoms with E-state index >= 15 is 0 Å². The number of thioether (sulfide) groups is 1. The zero-order chi connectivity index (χ0) is 15.4. The lowest BCUT2D eigenvalue weighted by Crippen LogP contribution is -2.26. The summed E-state index contributed by atoms with van der Waals surface area (Å²) in [5.41, 5.74) is 0.740. The lowest BCUT2D eigenvalue weighted by atomic mass is 10.1. The van der Waals surface area contributed by atoms with Crippen LogP contribution in [0.4, 0.5) is 5.69 Å². The number of hydrogen-bond donors (Lipinski definition) is 1. The van der Waals surface area contributed by atoms with Gasteiger partial charge >= 0.3 is 0 Å². The Kier molecular flexibility index (Phi) is 4.59. The standard InChI is InChI=1S/C13H14N4O3S/c1-16(8-9-6-14-15-7-9)13(18)11-5-10(21-2)3-4-12(11)17(19)20/h3-7H,8H2,1-2H3,(H,14,15). The van der Waals surface area contributed by atoms with Crippen LogP contribution in [0.15, 0.2) is 35.5 Å². The van der Waals surface area contributed by atoms with Crippen LogP contribution in [0, 0.1) is 10.1 Å². The molecule has 1 amide bonds. The van der Waals surface area contributed by atoms with Crippen molar-refractivity contribution in [2.45, 2.75) is 11.4 Å². The van der Waals surface area contributed by atoms with Gasteiger partial charge in [0.25, 0.3) is 11.6 Å². The maximum atomic E-state index is 12.4. The van der Waals surface area contributed by atoms with Crippen LogP contribution >= 0.6 is 11.8 Å². The first-order valence-electron chi connectivity index (χ1n) is 6.08. The molecule has 1 aromatic carbocycles. The number of nitrogens with zero attached hydrogens (tertiary/aromatic N) is 3. The fourth-order valence-electron chi connectivity index (χ4n) is 1.89. The van der Waals surface area contributed by atoms with Crippen LogP contribution in [0.3, 0.4) is 0 Å². The molecule has 7 nitrogen and oxygen atoms in total. The van der Waals surface area contributed by atoms with Gasteiger partial charge in [-0.25, -0.2) is 0 Å². The molecule has 0 saturated heterocycles. The van der Waals surface area contributed by atoms with E-state index in [1.165, 1.54) is 22.7 Å². The molecule has 2 aromatic rings. The molecule has 0 bridgehead atoms. The lowest BCUT2D eigenvalue weighted by Gasteiger charge is -2.16. The Morgan fingerprint density at radius 3 is 2.86 bits per heavy atom. The van der Waals surface area contributed by atoms with Crippen molar-refractivity contribution in [2.75, 3.05) is 13.3 Å². The Hall–Kier alpha value is -2.35. The molecular weight excluding hydrogens is 292 g/mol. The smallest absolute Gasteiger partial charge is 0.282 e. The van der Waals surface area contributed by atoms with Gasteiger partial charge in [-0.1, -0.05) is 0 Å². The molecule has 0 aliphatic heterocycles. The van der Waals surface area contributed by atoms with Crippen LogP contribution < -0.4 is 0 Å². The third-order valence-corrected chi connectivity index (χ3v) is 3.68. The second-order valence-electron chi connectivity index (χ2n) is 4.41. The van der Waals surface area contributed by atoms with Crippen molar-refractivity contribution in [3.05, 3.63) is 51.8 Å². The first-order valence-corrected chi connectivity index (χ1v) is 7.31. The summed E-state index contributed by atoms with van der Waals surface area (Å²) >= 11 is 1.43. The quantitative estimate of drug-likeness (QED) is 0.520. The number of hydrogen-bond acceptors (Lipinski definition) is 5. The molecule has 0 aliphatic rings. The number of aromatic amines is 1. The summed E-state index contributed by atoms with van der Waals surface area (Å²) in [6, 6.07) is 4.55. The van der Waals surface area contributed by atoms with Crippen molar-refractivity contribution in [3.63, 3.8) is 0 Å². The first-order chi connectivity index (χ1) is 10.0. The third-order valence-electron chi connectivity index (χ3n) is 2.95. The van der Waals surface area contributed by atoms with Gasteiger partial charge in [-0.15, -0.1) is 11.8 Å². The number of carbonyl (C=O) groups excluding carboxylic acids is 1. The molecule has 0 spiro atoms. The highest BCUT2D eigenvalue weighted by Crippen LogP contribution is 2.26. The zero-order valence-electron chi connectivity index (χ0n) is 11.6. The Morgan fingerprint density at radius 2 is 2.29 bits per heavy atom. The van der Waals surface area contributed by atoms with Gasteiger partial charge in [0.15, 0.2) is 0 Å². The van der Waals surface area contributed by atoms with Crippen molar-refractivity contribution in [1.82, 2.24) is 15.1 Å². The summed E-state index contributed by atoms with van der Waals surface area (Å²) in [6.45, 7) is 0.329. The number of benzene rings is 1. The van der Waals surface area contributed by atoms with Gasteiger partial charge in [-0.05, 0) is 18.4 Å². The zero-order valence-corrected chi connectivity index (χ0v) is 12.4. The normalized spacial score (nSPS) is 10.4. The number of nitrogens with one attached hydrogen (secondary N) is 1. The highest BCUT2D eigenvalue weighted by Gasteiger charge is 2.23. The minimum absolute atomic E-state index is 0.0952. The molecule has 0 aliphatic carbocycles. The Labute approximate surface area is 125 Å². The van der Waals surface area contributed by atoms with Gasteiger partial charge in [0.05, 0.1) is 11.1 Å². The van der Waals surface area contributed by atoms with Crippen LogP contribution in [-0.4, -0.2) is 39.2 Å². The van der Waals surface area contributed by atoms with E-state index in [0.29, 0.717) is 6.54 Å². The number of aromatic nitrogens is 2. The number of amides is 1. The number of rotatable bonds is 5. The molecule has 0 unspecified atom stereocenters. The van der Waals surface area contributed by atoms with Crippen molar-refractivity contribution in [2.24, 2.45) is 0 Å². The van der Waals surface area contributed by atoms with Crippen LogP contribution in [0.1, 0.15) is 15.9 Å². The topological polar surface area (TPSA) is 92.1 Å². The molecule has 21 heavy (non-hydrogen) atoms. The predicted octanol–water partition coefficient (Wildman–Crippen LogP) is 2.31. The Bertz CT molecular complexity index is 657. The lowest BCUT2D eigenvalue weighted by molar-refractivity contribution is -0.385. The van der Waals surface area contributed by atoms with E-state index in [4.69, 9.17) is 0 Å². The number of carbonyl (C=O) groups is 1. The highest BCUT2D eigenvalue weighted by molar-refractivity contribution is 7.98. The minimum Gasteiger partial charge on any atom is -0.337 e. The molecule has 8 heteroatoms. The van der Waals surface area contributed by atoms with Gasteiger partial charge in [-0.3, -0.25) is 20.0 Å². The fourth-order valence-corrected chi connectivity index (χ4v) is 2.33. The summed E-state index contributed by atoms with van der Waals surface area (Å²) in [5.74, 6) is -0.390. The van der Waals surface area contributed by atoms with E-state index in [2.05, 4.69) is 10.2 Å². The van der Waals surface area contributed by atoms with Crippen LogP contribution in [0.25, 0.3) is 0 Å². The van der Waals surface area contributed by atoms with Crippen LogP contribution in [0.2, 0.25) is 0 Å². The molecule has 1 N–H and O–H groups in total. The molecular formula is C13H14N4O3S. The summed E-state index contributed by atoms with van der Waals surface area (Å²) in [4.78, 5) is 25.2. The summed E-state index contributed by atoms with van der Waals surface area (Å²) in [6.07, 6.45) is 5.14. The van der Waals surface area contributed by atoms with Gasteiger partial charge in [-0.2, -0.15) is 5.10 Å². The maximum Gasteiger partial charge on any atom is 0.282 e. The molecule has 1 aromatic heterocycles.